The Kier molecular flexibility index (Phi) is 5.95. The van der Waals surface area contributed by atoms with Crippen molar-refractivity contribution in [3.63, 3.8) is 0 Å². The predicted octanol–water partition coefficient (Wildman–Crippen LogP) is 5.25. The number of alkyl halides is 3. The van der Waals surface area contributed by atoms with Gasteiger partial charge in [-0.25, -0.2) is 15.0 Å². The second kappa shape index (κ2) is 9.09. The molecule has 0 unspecified atom stereocenters. The molecular formula is C27H29F3N6O2. The number of nitrogens with one attached hydrogen (secondary N) is 1. The first-order valence-corrected chi connectivity index (χ1v) is 12.7. The Bertz CT molecular complexity index is 1490. The number of halogens is 3. The molecule has 4 atom stereocenters. The molecule has 4 heterocycles. The van der Waals surface area contributed by atoms with Gasteiger partial charge in [-0.05, 0) is 68.9 Å². The minimum Gasteiger partial charge on any atom is -0.383 e. The number of aromatic nitrogens is 4. The average Bonchev–Trinajstić information content (AvgIpc) is 3.52. The largest absolute Gasteiger partial charge is 0.405 e. The second-order valence-corrected chi connectivity index (χ2v) is 10.6. The van der Waals surface area contributed by atoms with E-state index in [2.05, 4.69) is 24.8 Å². The van der Waals surface area contributed by atoms with Crippen LogP contribution in [0.15, 0.2) is 48.9 Å². The number of nitrogen functional groups attached to an aromatic ring is 1. The molecule has 1 aliphatic carbocycles. The molecular weight excluding hydrogens is 497 g/mol. The molecule has 4 aromatic rings. The lowest BCUT2D eigenvalue weighted by Crippen LogP contribution is -2.27. The molecule has 6 rings (SSSR count). The number of anilines is 2. The van der Waals surface area contributed by atoms with Gasteiger partial charge in [0.15, 0.2) is 5.79 Å². The predicted molar refractivity (Wildman–Crippen MR) is 138 cm³/mol. The van der Waals surface area contributed by atoms with Gasteiger partial charge in [0.05, 0.1) is 23.0 Å². The van der Waals surface area contributed by atoms with E-state index in [0.29, 0.717) is 11.3 Å². The van der Waals surface area contributed by atoms with E-state index in [1.807, 2.05) is 44.3 Å². The van der Waals surface area contributed by atoms with Crippen molar-refractivity contribution in [3.05, 3.63) is 54.5 Å². The van der Waals surface area contributed by atoms with E-state index in [-0.39, 0.29) is 30.0 Å². The molecule has 1 saturated heterocycles. The molecule has 0 bridgehead atoms. The number of aryl methyl sites for hydroxylation is 1. The summed E-state index contributed by atoms with van der Waals surface area (Å²) in [6.45, 7) is 2.75. The van der Waals surface area contributed by atoms with Crippen molar-refractivity contribution in [2.75, 3.05) is 17.6 Å². The van der Waals surface area contributed by atoms with E-state index in [1.54, 1.807) is 12.1 Å². The van der Waals surface area contributed by atoms with Gasteiger partial charge in [0.25, 0.3) is 0 Å². The lowest BCUT2D eigenvalue weighted by molar-refractivity contribution is -0.160. The molecule has 200 valence electrons. The summed E-state index contributed by atoms with van der Waals surface area (Å²) in [7, 11) is 0. The van der Waals surface area contributed by atoms with Gasteiger partial charge in [-0.1, -0.05) is 12.1 Å². The first kappa shape index (κ1) is 24.9. The van der Waals surface area contributed by atoms with Crippen molar-refractivity contribution in [1.82, 2.24) is 19.5 Å². The third-order valence-corrected chi connectivity index (χ3v) is 7.48. The van der Waals surface area contributed by atoms with Gasteiger partial charge in [0.1, 0.15) is 36.3 Å². The fourth-order valence-electron chi connectivity index (χ4n) is 5.83. The Morgan fingerprint density at radius 3 is 2.71 bits per heavy atom. The van der Waals surface area contributed by atoms with Gasteiger partial charge in [0, 0.05) is 11.6 Å². The van der Waals surface area contributed by atoms with Gasteiger partial charge in [-0.15, -0.1) is 0 Å². The summed E-state index contributed by atoms with van der Waals surface area (Å²) in [5, 5.41) is 4.05. The van der Waals surface area contributed by atoms with Gasteiger partial charge in [0.2, 0.25) is 0 Å². The van der Waals surface area contributed by atoms with Crippen LogP contribution in [0.1, 0.15) is 38.3 Å². The maximum atomic E-state index is 12.6. The second-order valence-electron chi connectivity index (χ2n) is 10.6. The van der Waals surface area contributed by atoms with Crippen LogP contribution >= 0.6 is 0 Å². The SMILES string of the molecule is CC1(C)O[C@@H]2[C@@H](CCc3ccc4ccc(NCC(F)(F)F)nc4c3)C[C@@H](n3ccc4c(N)ncnc43)[C@@H]2O1. The molecule has 1 aromatic carbocycles. The van der Waals surface area contributed by atoms with Crippen molar-refractivity contribution in [2.24, 2.45) is 5.92 Å². The molecule has 0 amide bonds. The number of hydrogen-bond acceptors (Lipinski definition) is 7. The highest BCUT2D eigenvalue weighted by molar-refractivity contribution is 5.86. The van der Waals surface area contributed by atoms with Crippen LogP contribution in [0, 0.1) is 5.92 Å². The maximum absolute atomic E-state index is 12.6. The van der Waals surface area contributed by atoms with E-state index in [0.717, 1.165) is 41.2 Å². The fourth-order valence-corrected chi connectivity index (χ4v) is 5.83. The zero-order valence-corrected chi connectivity index (χ0v) is 21.1. The Morgan fingerprint density at radius 2 is 1.89 bits per heavy atom. The molecule has 1 saturated carbocycles. The van der Waals surface area contributed by atoms with Gasteiger partial charge in [-0.3, -0.25) is 0 Å². The number of hydrogen-bond donors (Lipinski definition) is 2. The topological polar surface area (TPSA) is 100 Å². The Balaban J connectivity index is 1.21. The molecule has 38 heavy (non-hydrogen) atoms. The summed E-state index contributed by atoms with van der Waals surface area (Å²) in [4.78, 5) is 13.0. The van der Waals surface area contributed by atoms with Gasteiger partial charge < -0.3 is 25.1 Å². The standard InChI is InChI=1S/C27H29F3N6O2/c1-26(2)37-22-17(12-20(23(22)38-26)36-10-9-18-24(31)33-14-34-25(18)36)6-4-15-3-5-16-7-8-21(35-19(16)11-15)32-13-27(28,29)30/h3,5,7-11,14,17,20,22-23H,4,6,12-13H2,1-2H3,(H,32,35)(H2,31,33,34)/t17-,20+,22+,23-/m0/s1. The van der Waals surface area contributed by atoms with E-state index < -0.39 is 18.5 Å². The zero-order valence-electron chi connectivity index (χ0n) is 21.1. The van der Waals surface area contributed by atoms with Crippen LogP contribution < -0.4 is 11.1 Å². The molecule has 1 aliphatic heterocycles. The number of fused-ring (bicyclic) bond motifs is 3. The molecule has 11 heteroatoms. The molecule has 2 aliphatic rings. The van der Waals surface area contributed by atoms with Crippen molar-refractivity contribution in [1.29, 1.82) is 0 Å². The minimum absolute atomic E-state index is 0.0408. The number of pyridine rings is 1. The maximum Gasteiger partial charge on any atom is 0.405 e. The molecule has 3 N–H and O–H groups in total. The highest BCUT2D eigenvalue weighted by atomic mass is 19.4. The Labute approximate surface area is 217 Å². The van der Waals surface area contributed by atoms with Crippen LogP contribution in [0.4, 0.5) is 24.8 Å². The summed E-state index contributed by atoms with van der Waals surface area (Å²) in [5.74, 6) is 0.212. The summed E-state index contributed by atoms with van der Waals surface area (Å²) in [6, 6.07) is 11.3. The van der Waals surface area contributed by atoms with E-state index in [4.69, 9.17) is 15.2 Å². The Morgan fingerprint density at radius 1 is 1.11 bits per heavy atom. The summed E-state index contributed by atoms with van der Waals surface area (Å²) in [6.07, 6.45) is 1.48. The number of nitrogens with two attached hydrogens (primary N) is 1. The summed E-state index contributed by atoms with van der Waals surface area (Å²) < 4.78 is 52.7. The van der Waals surface area contributed by atoms with Crippen molar-refractivity contribution < 1.29 is 22.6 Å². The first-order chi connectivity index (χ1) is 18.1. The highest BCUT2D eigenvalue weighted by Gasteiger charge is 2.54. The number of rotatable bonds is 6. The minimum atomic E-state index is -4.30. The van der Waals surface area contributed by atoms with Crippen LogP contribution in [0.25, 0.3) is 21.9 Å². The van der Waals surface area contributed by atoms with E-state index in [9.17, 15) is 13.2 Å². The molecule has 2 fully saturated rings. The van der Waals surface area contributed by atoms with Crippen LogP contribution in [0.5, 0.6) is 0 Å². The van der Waals surface area contributed by atoms with Crippen LogP contribution in [0.3, 0.4) is 0 Å². The van der Waals surface area contributed by atoms with Gasteiger partial charge in [-0.2, -0.15) is 13.2 Å². The molecule has 3 aromatic heterocycles. The van der Waals surface area contributed by atoms with Crippen LogP contribution in [-0.2, 0) is 15.9 Å². The van der Waals surface area contributed by atoms with Crippen LogP contribution in [-0.4, -0.2) is 50.2 Å². The normalized spacial score (nSPS) is 24.8. The lowest BCUT2D eigenvalue weighted by Gasteiger charge is -2.24. The summed E-state index contributed by atoms with van der Waals surface area (Å²) in [5.41, 5.74) is 8.58. The molecule has 8 nitrogen and oxygen atoms in total. The van der Waals surface area contributed by atoms with Gasteiger partial charge >= 0.3 is 6.18 Å². The van der Waals surface area contributed by atoms with E-state index in [1.165, 1.54) is 6.33 Å². The van der Waals surface area contributed by atoms with Crippen molar-refractivity contribution >= 4 is 33.6 Å². The van der Waals surface area contributed by atoms with Crippen molar-refractivity contribution in [3.8, 4) is 0 Å². The molecule has 0 radical (unpaired) electrons. The van der Waals surface area contributed by atoms with Crippen LogP contribution in [0.2, 0.25) is 0 Å². The number of benzene rings is 1. The third-order valence-electron chi connectivity index (χ3n) is 7.48. The third kappa shape index (κ3) is 4.76. The quantitative estimate of drug-likeness (QED) is 0.354. The fraction of sp³-hybridized carbons (Fsp3) is 0.444. The number of nitrogens with zero attached hydrogens (tertiary/aromatic N) is 4. The highest BCUT2D eigenvalue weighted by Crippen LogP contribution is 2.49. The number of ether oxygens (including phenoxy) is 2. The smallest absolute Gasteiger partial charge is 0.383 e. The zero-order chi connectivity index (χ0) is 26.7. The monoisotopic (exact) mass is 526 g/mol. The average molecular weight is 527 g/mol. The van der Waals surface area contributed by atoms with E-state index >= 15 is 0 Å². The summed E-state index contributed by atoms with van der Waals surface area (Å²) >= 11 is 0. The lowest BCUT2D eigenvalue weighted by atomic mass is 9.95. The molecule has 0 spiro atoms. The Hall–Kier alpha value is -3.44. The first-order valence-electron chi connectivity index (χ1n) is 12.7. The van der Waals surface area contributed by atoms with Crippen molar-refractivity contribution in [2.45, 2.75) is 63.3 Å².